The summed E-state index contributed by atoms with van der Waals surface area (Å²) < 4.78 is 0. The Bertz CT molecular complexity index is 715. The predicted molar refractivity (Wildman–Crippen MR) is 114 cm³/mol. The van der Waals surface area contributed by atoms with Gasteiger partial charge in [0.15, 0.2) is 5.11 Å². The van der Waals surface area contributed by atoms with E-state index in [0.717, 1.165) is 30.3 Å². The van der Waals surface area contributed by atoms with E-state index in [4.69, 9.17) is 12.2 Å². The number of rotatable bonds is 7. The third-order valence-electron chi connectivity index (χ3n) is 4.74. The highest BCUT2D eigenvalue weighted by atomic mass is 32.1. The lowest BCUT2D eigenvalue weighted by Crippen LogP contribution is -3.06. The van der Waals surface area contributed by atoms with Gasteiger partial charge in [-0.1, -0.05) is 25.1 Å². The molecule has 0 saturated carbocycles. The zero-order chi connectivity index (χ0) is 19.1. The van der Waals surface area contributed by atoms with Crippen LogP contribution in [0.2, 0.25) is 0 Å². The van der Waals surface area contributed by atoms with Crippen LogP contribution in [0.1, 0.15) is 36.6 Å². The van der Waals surface area contributed by atoms with Crippen LogP contribution in [-0.2, 0) is 6.42 Å². The van der Waals surface area contributed by atoms with Crippen LogP contribution in [0.4, 0.5) is 5.69 Å². The molecule has 5 heteroatoms. The van der Waals surface area contributed by atoms with Crippen LogP contribution in [0, 0.1) is 6.92 Å². The molecule has 0 spiro atoms. The number of aromatic nitrogens is 1. The van der Waals surface area contributed by atoms with Gasteiger partial charge in [-0.15, -0.1) is 0 Å². The summed E-state index contributed by atoms with van der Waals surface area (Å²) in [5.41, 5.74) is 4.88. The van der Waals surface area contributed by atoms with E-state index in [0.29, 0.717) is 0 Å². The second kappa shape index (κ2) is 9.64. The van der Waals surface area contributed by atoms with Gasteiger partial charge in [0.1, 0.15) is 0 Å². The van der Waals surface area contributed by atoms with Gasteiger partial charge >= 0.3 is 0 Å². The summed E-state index contributed by atoms with van der Waals surface area (Å²) in [5, 5.41) is 4.31. The highest BCUT2D eigenvalue weighted by molar-refractivity contribution is 7.80. The number of nitrogens with zero attached hydrogens (tertiary/aromatic N) is 2. The summed E-state index contributed by atoms with van der Waals surface area (Å²) in [6, 6.07) is 10.7. The minimum absolute atomic E-state index is 0.187. The quantitative estimate of drug-likeness (QED) is 0.733. The Kier molecular flexibility index (Phi) is 7.54. The molecule has 1 aromatic heterocycles. The van der Waals surface area contributed by atoms with Crippen LogP contribution >= 0.6 is 12.2 Å². The summed E-state index contributed by atoms with van der Waals surface area (Å²) in [7, 11) is 4.34. The van der Waals surface area contributed by atoms with Crippen molar-refractivity contribution in [2.75, 3.05) is 32.5 Å². The van der Waals surface area contributed by atoms with Crippen molar-refractivity contribution in [3.8, 4) is 0 Å². The molecule has 0 fully saturated rings. The Morgan fingerprint density at radius 3 is 2.54 bits per heavy atom. The van der Waals surface area contributed by atoms with Gasteiger partial charge in [0.05, 0.1) is 33.2 Å². The first kappa shape index (κ1) is 20.3. The molecule has 0 radical (unpaired) electrons. The van der Waals surface area contributed by atoms with Gasteiger partial charge in [-0.05, 0) is 61.3 Å². The highest BCUT2D eigenvalue weighted by Gasteiger charge is 2.20. The summed E-state index contributed by atoms with van der Waals surface area (Å²) in [4.78, 5) is 7.83. The summed E-state index contributed by atoms with van der Waals surface area (Å²) >= 11 is 5.84. The van der Waals surface area contributed by atoms with Gasteiger partial charge < -0.3 is 15.1 Å². The molecule has 0 amide bonds. The van der Waals surface area contributed by atoms with Crippen LogP contribution in [0.5, 0.6) is 0 Å². The van der Waals surface area contributed by atoms with Gasteiger partial charge in [0.2, 0.25) is 0 Å². The number of nitrogens with one attached hydrogen (secondary N) is 2. The largest absolute Gasteiger partial charge is 0.338 e. The minimum atomic E-state index is 0.187. The van der Waals surface area contributed by atoms with Crippen LogP contribution in [0.25, 0.3) is 0 Å². The molecule has 0 bridgehead atoms. The second-order valence-electron chi connectivity index (χ2n) is 7.00. The van der Waals surface area contributed by atoms with Gasteiger partial charge in [-0.3, -0.25) is 4.98 Å². The van der Waals surface area contributed by atoms with Gasteiger partial charge in [-0.2, -0.15) is 0 Å². The number of pyridine rings is 1. The highest BCUT2D eigenvalue weighted by Crippen LogP contribution is 2.24. The molecule has 4 nitrogen and oxygen atoms in total. The number of hydrogen-bond acceptors (Lipinski definition) is 2. The number of quaternary nitrogens is 1. The average Bonchev–Trinajstić information content (AvgIpc) is 2.63. The molecule has 0 saturated heterocycles. The molecule has 1 atom stereocenters. The van der Waals surface area contributed by atoms with Crippen molar-refractivity contribution in [2.24, 2.45) is 0 Å². The fourth-order valence-electron chi connectivity index (χ4n) is 3.02. The molecule has 2 N–H and O–H groups in total. The lowest BCUT2D eigenvalue weighted by Gasteiger charge is -2.33. The minimum Gasteiger partial charge on any atom is -0.338 e. The van der Waals surface area contributed by atoms with Crippen LogP contribution in [-0.4, -0.2) is 42.2 Å². The number of likely N-dealkylation sites (N-methyl/N-ethyl adjacent to an activating group) is 1. The fraction of sp³-hybridized carbons (Fsp3) is 0.429. The van der Waals surface area contributed by atoms with E-state index in [1.165, 1.54) is 21.6 Å². The van der Waals surface area contributed by atoms with Gasteiger partial charge in [0.25, 0.3) is 0 Å². The topological polar surface area (TPSA) is 32.6 Å². The Morgan fingerprint density at radius 1 is 1.23 bits per heavy atom. The lowest BCUT2D eigenvalue weighted by molar-refractivity contribution is -0.857. The number of benzene rings is 1. The summed E-state index contributed by atoms with van der Waals surface area (Å²) in [6.07, 6.45) is 4.66. The monoisotopic (exact) mass is 371 g/mol. The van der Waals surface area contributed by atoms with Crippen molar-refractivity contribution in [2.45, 2.75) is 33.2 Å². The molecule has 26 heavy (non-hydrogen) atoms. The summed E-state index contributed by atoms with van der Waals surface area (Å²) in [5.74, 6) is 0. The van der Waals surface area contributed by atoms with Crippen LogP contribution < -0.4 is 10.2 Å². The van der Waals surface area contributed by atoms with Crippen LogP contribution in [0.3, 0.4) is 0 Å². The molecule has 1 unspecified atom stereocenters. The average molecular weight is 372 g/mol. The molecule has 140 valence electrons. The number of aryl methyl sites for hydroxylation is 2. The summed E-state index contributed by atoms with van der Waals surface area (Å²) in [6.45, 7) is 8.42. The molecule has 0 aliphatic heterocycles. The Labute approximate surface area is 163 Å². The molecule has 2 rings (SSSR count). The molecule has 2 aromatic rings. The first-order valence-corrected chi connectivity index (χ1v) is 9.70. The zero-order valence-corrected chi connectivity index (χ0v) is 17.4. The zero-order valence-electron chi connectivity index (χ0n) is 16.5. The molecule has 1 aromatic carbocycles. The first-order chi connectivity index (χ1) is 12.4. The van der Waals surface area contributed by atoms with E-state index >= 15 is 0 Å². The fourth-order valence-corrected chi connectivity index (χ4v) is 3.37. The number of thiocarbonyl (C=S) groups is 1. The van der Waals surface area contributed by atoms with Crippen molar-refractivity contribution in [1.82, 2.24) is 9.88 Å². The normalized spacial score (nSPS) is 12.1. The second-order valence-corrected chi connectivity index (χ2v) is 7.39. The number of anilines is 1. The van der Waals surface area contributed by atoms with Gasteiger partial charge in [0, 0.05) is 18.1 Å². The Morgan fingerprint density at radius 2 is 1.92 bits per heavy atom. The SMILES string of the molecule is CCc1cccc(C)c1NC(=S)N(CC[NH+](C)C)C(C)c1ccncc1. The van der Waals surface area contributed by atoms with Crippen molar-refractivity contribution in [3.05, 3.63) is 59.4 Å². The molecule has 0 aliphatic rings. The van der Waals surface area contributed by atoms with Gasteiger partial charge in [-0.25, -0.2) is 0 Å². The van der Waals surface area contributed by atoms with Crippen molar-refractivity contribution < 1.29 is 4.90 Å². The third-order valence-corrected chi connectivity index (χ3v) is 5.08. The van der Waals surface area contributed by atoms with E-state index < -0.39 is 0 Å². The van der Waals surface area contributed by atoms with E-state index in [1.54, 1.807) is 0 Å². The maximum Gasteiger partial charge on any atom is 0.174 e. The third kappa shape index (κ3) is 5.26. The maximum atomic E-state index is 5.84. The Balaban J connectivity index is 2.26. The lowest BCUT2D eigenvalue weighted by atomic mass is 10.1. The van der Waals surface area contributed by atoms with Crippen molar-refractivity contribution in [1.29, 1.82) is 0 Å². The molecule has 1 heterocycles. The van der Waals surface area contributed by atoms with E-state index in [9.17, 15) is 0 Å². The van der Waals surface area contributed by atoms with E-state index in [2.05, 4.69) is 80.4 Å². The predicted octanol–water partition coefficient (Wildman–Crippen LogP) is 2.86. The van der Waals surface area contributed by atoms with Crippen molar-refractivity contribution in [3.63, 3.8) is 0 Å². The van der Waals surface area contributed by atoms with Crippen LogP contribution in [0.15, 0.2) is 42.7 Å². The van der Waals surface area contributed by atoms with E-state index in [1.807, 2.05) is 12.4 Å². The van der Waals surface area contributed by atoms with E-state index in [-0.39, 0.29) is 6.04 Å². The molecule has 0 aliphatic carbocycles. The molecular formula is C21H31N4S+. The standard InChI is InChI=1S/C21H30N4S/c1-6-18-9-7-8-16(2)20(18)23-21(26)25(15-14-24(4)5)17(3)19-10-12-22-13-11-19/h7-13,17H,6,14-15H2,1-5H3,(H,23,26)/p+1. The Hall–Kier alpha value is -1.98. The number of para-hydroxylation sites is 1. The smallest absolute Gasteiger partial charge is 0.174 e. The molecular weight excluding hydrogens is 340 g/mol. The number of hydrogen-bond donors (Lipinski definition) is 2. The first-order valence-electron chi connectivity index (χ1n) is 9.29. The van der Waals surface area contributed by atoms with Crippen molar-refractivity contribution >= 4 is 23.0 Å². The maximum absolute atomic E-state index is 5.84.